The summed E-state index contributed by atoms with van der Waals surface area (Å²) in [6, 6.07) is 15.9. The van der Waals surface area contributed by atoms with Gasteiger partial charge in [0.2, 0.25) is 0 Å². The van der Waals surface area contributed by atoms with Gasteiger partial charge in [0, 0.05) is 6.07 Å². The summed E-state index contributed by atoms with van der Waals surface area (Å²) in [5, 5.41) is 0. The van der Waals surface area contributed by atoms with Crippen molar-refractivity contribution in [1.82, 2.24) is 0 Å². The summed E-state index contributed by atoms with van der Waals surface area (Å²) < 4.78 is 16.4. The number of methoxy groups -OCH3 is 2. The van der Waals surface area contributed by atoms with Gasteiger partial charge in [-0.2, -0.15) is 0 Å². The van der Waals surface area contributed by atoms with E-state index in [1.807, 2.05) is 48.5 Å². The van der Waals surface area contributed by atoms with Gasteiger partial charge in [-0.05, 0) is 54.2 Å². The average Bonchev–Trinajstić information content (AvgIpc) is 2.70. The number of allylic oxidation sites excluding steroid dienone is 1. The minimum Gasteiger partial charge on any atom is -0.497 e. The van der Waals surface area contributed by atoms with Gasteiger partial charge >= 0.3 is 0 Å². The molecule has 0 spiro atoms. The van der Waals surface area contributed by atoms with E-state index in [-0.39, 0.29) is 0 Å². The third-order valence-corrected chi connectivity index (χ3v) is 4.61. The highest BCUT2D eigenvalue weighted by atomic mass is 16.5. The zero-order chi connectivity index (χ0) is 18.8. The second kappa shape index (κ2) is 10.5. The molecule has 2 rings (SSSR count). The lowest BCUT2D eigenvalue weighted by molar-refractivity contribution is 0.304. The van der Waals surface area contributed by atoms with E-state index in [0.717, 1.165) is 54.3 Å². The predicted octanol–water partition coefficient (Wildman–Crippen LogP) is 5.99. The predicted molar refractivity (Wildman–Crippen MR) is 108 cm³/mol. The van der Waals surface area contributed by atoms with Gasteiger partial charge in [-0.1, -0.05) is 44.5 Å². The van der Waals surface area contributed by atoms with Crippen molar-refractivity contribution in [2.24, 2.45) is 5.92 Å². The van der Waals surface area contributed by atoms with Crippen LogP contribution < -0.4 is 14.2 Å². The first-order valence-electron chi connectivity index (χ1n) is 9.24. The maximum atomic E-state index is 5.74. The molecule has 1 atom stereocenters. The Kier molecular flexibility index (Phi) is 8.07. The molecule has 0 amide bonds. The number of hydrogen-bond donors (Lipinski definition) is 0. The molecule has 0 saturated heterocycles. The molecule has 3 heteroatoms. The molecule has 26 heavy (non-hydrogen) atoms. The van der Waals surface area contributed by atoms with Gasteiger partial charge in [0.05, 0.1) is 20.8 Å². The van der Waals surface area contributed by atoms with Crippen molar-refractivity contribution in [2.45, 2.75) is 32.6 Å². The Morgan fingerprint density at radius 1 is 0.885 bits per heavy atom. The first-order chi connectivity index (χ1) is 12.6. The number of para-hydroxylation sites is 1. The van der Waals surface area contributed by atoms with Gasteiger partial charge in [0.25, 0.3) is 0 Å². The highest BCUT2D eigenvalue weighted by Gasteiger charge is 2.11. The summed E-state index contributed by atoms with van der Waals surface area (Å²) >= 11 is 0. The van der Waals surface area contributed by atoms with Crippen LogP contribution in [0.2, 0.25) is 0 Å². The molecule has 140 valence electrons. The van der Waals surface area contributed by atoms with Gasteiger partial charge in [-0.25, -0.2) is 0 Å². The van der Waals surface area contributed by atoms with Crippen molar-refractivity contribution < 1.29 is 14.2 Å². The van der Waals surface area contributed by atoms with Gasteiger partial charge in [-0.3, -0.25) is 0 Å². The minimum absolute atomic E-state index is 0.418. The third-order valence-electron chi connectivity index (χ3n) is 4.61. The Balaban J connectivity index is 1.73. The highest BCUT2D eigenvalue weighted by Crippen LogP contribution is 2.31. The fourth-order valence-corrected chi connectivity index (χ4v) is 2.89. The van der Waals surface area contributed by atoms with E-state index in [0.29, 0.717) is 5.92 Å². The molecule has 2 aromatic carbocycles. The second-order valence-corrected chi connectivity index (χ2v) is 6.54. The van der Waals surface area contributed by atoms with Gasteiger partial charge in [-0.15, -0.1) is 0 Å². The molecule has 0 bridgehead atoms. The SMILES string of the molecule is C=C(c1cc(OC)cc(OC)c1)C(C)CCCCCOc1ccccc1. The number of rotatable bonds is 11. The summed E-state index contributed by atoms with van der Waals surface area (Å²) in [6.45, 7) is 7.30. The Bertz CT molecular complexity index is 657. The number of ether oxygens (including phenoxy) is 3. The maximum absolute atomic E-state index is 5.74. The molecule has 0 aliphatic carbocycles. The zero-order valence-electron chi connectivity index (χ0n) is 16.2. The van der Waals surface area contributed by atoms with Crippen molar-refractivity contribution in [2.75, 3.05) is 20.8 Å². The van der Waals surface area contributed by atoms with Crippen molar-refractivity contribution in [3.8, 4) is 17.2 Å². The van der Waals surface area contributed by atoms with E-state index in [1.54, 1.807) is 14.2 Å². The van der Waals surface area contributed by atoms with Crippen LogP contribution in [-0.2, 0) is 0 Å². The summed E-state index contributed by atoms with van der Waals surface area (Å²) in [6.07, 6.45) is 4.51. The molecular weight excluding hydrogens is 324 g/mol. The molecular formula is C23H30O3. The average molecular weight is 354 g/mol. The third kappa shape index (κ3) is 6.14. The summed E-state index contributed by atoms with van der Waals surface area (Å²) in [5.41, 5.74) is 2.21. The van der Waals surface area contributed by atoms with Crippen LogP contribution in [0.25, 0.3) is 5.57 Å². The molecule has 0 radical (unpaired) electrons. The molecule has 0 saturated carbocycles. The molecule has 0 aliphatic heterocycles. The van der Waals surface area contributed by atoms with E-state index in [1.165, 1.54) is 6.42 Å². The molecule has 0 N–H and O–H groups in total. The van der Waals surface area contributed by atoms with Crippen LogP contribution in [0.3, 0.4) is 0 Å². The summed E-state index contributed by atoms with van der Waals surface area (Å²) in [7, 11) is 3.34. The van der Waals surface area contributed by atoms with Crippen LogP contribution in [0.5, 0.6) is 17.2 Å². The molecule has 2 aromatic rings. The number of benzene rings is 2. The molecule has 0 aliphatic rings. The Hall–Kier alpha value is -2.42. The van der Waals surface area contributed by atoms with Crippen molar-refractivity contribution in [3.63, 3.8) is 0 Å². The van der Waals surface area contributed by atoms with Crippen LogP contribution in [0.15, 0.2) is 55.1 Å². The van der Waals surface area contributed by atoms with Crippen molar-refractivity contribution in [1.29, 1.82) is 0 Å². The zero-order valence-corrected chi connectivity index (χ0v) is 16.2. The van der Waals surface area contributed by atoms with E-state index in [9.17, 15) is 0 Å². The van der Waals surface area contributed by atoms with E-state index in [2.05, 4.69) is 13.5 Å². The Morgan fingerprint density at radius 2 is 1.54 bits per heavy atom. The monoisotopic (exact) mass is 354 g/mol. The topological polar surface area (TPSA) is 27.7 Å². The van der Waals surface area contributed by atoms with Gasteiger partial charge in [0.15, 0.2) is 0 Å². The van der Waals surface area contributed by atoms with Gasteiger partial charge < -0.3 is 14.2 Å². The Morgan fingerprint density at radius 3 is 2.15 bits per heavy atom. The second-order valence-electron chi connectivity index (χ2n) is 6.54. The number of unbranched alkanes of at least 4 members (excludes halogenated alkanes) is 2. The van der Waals surface area contributed by atoms with Crippen LogP contribution in [-0.4, -0.2) is 20.8 Å². The summed E-state index contributed by atoms with van der Waals surface area (Å²) in [4.78, 5) is 0. The van der Waals surface area contributed by atoms with Crippen molar-refractivity contribution in [3.05, 3.63) is 60.7 Å². The van der Waals surface area contributed by atoms with Crippen LogP contribution >= 0.6 is 0 Å². The first kappa shape index (κ1) is 19.9. The standard InChI is InChI=1S/C23H30O3/c1-18(11-7-6-10-14-26-21-12-8-5-9-13-21)19(2)20-15-22(24-3)17-23(16-20)25-4/h5,8-9,12-13,15-18H,2,6-7,10-11,14H2,1,3-4H3. The lowest BCUT2D eigenvalue weighted by atomic mass is 9.90. The number of hydrogen-bond acceptors (Lipinski definition) is 3. The molecule has 0 heterocycles. The molecule has 3 nitrogen and oxygen atoms in total. The van der Waals surface area contributed by atoms with Crippen molar-refractivity contribution >= 4 is 5.57 Å². The highest BCUT2D eigenvalue weighted by molar-refractivity contribution is 5.67. The van der Waals surface area contributed by atoms with E-state index >= 15 is 0 Å². The Labute approximate surface area is 157 Å². The molecule has 1 unspecified atom stereocenters. The summed E-state index contributed by atoms with van der Waals surface area (Å²) in [5.74, 6) is 2.96. The molecule has 0 aromatic heterocycles. The van der Waals surface area contributed by atoms with E-state index < -0.39 is 0 Å². The molecule has 0 fully saturated rings. The van der Waals surface area contributed by atoms with Crippen LogP contribution in [0.4, 0.5) is 0 Å². The lowest BCUT2D eigenvalue weighted by Crippen LogP contribution is -2.01. The van der Waals surface area contributed by atoms with Gasteiger partial charge in [0.1, 0.15) is 17.2 Å². The first-order valence-corrected chi connectivity index (χ1v) is 9.24. The fraction of sp³-hybridized carbons (Fsp3) is 0.391. The smallest absolute Gasteiger partial charge is 0.123 e. The van der Waals surface area contributed by atoms with E-state index in [4.69, 9.17) is 14.2 Å². The van der Waals surface area contributed by atoms with Crippen LogP contribution in [0, 0.1) is 5.92 Å². The normalized spacial score (nSPS) is 11.7. The quantitative estimate of drug-likeness (QED) is 0.464. The fourth-order valence-electron chi connectivity index (χ4n) is 2.89. The maximum Gasteiger partial charge on any atom is 0.123 e. The van der Waals surface area contributed by atoms with Crippen LogP contribution in [0.1, 0.15) is 38.2 Å². The lowest BCUT2D eigenvalue weighted by Gasteiger charge is -2.17. The minimum atomic E-state index is 0.418. The largest absolute Gasteiger partial charge is 0.497 e.